The predicted octanol–water partition coefficient (Wildman–Crippen LogP) is 2.88. The Morgan fingerprint density at radius 1 is 1.44 bits per heavy atom. The summed E-state index contributed by atoms with van der Waals surface area (Å²) in [4.78, 5) is 0. The number of rotatable bonds is 5. The van der Waals surface area contributed by atoms with Crippen LogP contribution in [0, 0.1) is 6.92 Å². The zero-order valence-corrected chi connectivity index (χ0v) is 12.4. The SMILES string of the molecule is CCn1nc(C)c(N)c1NCC1(SC)CCCC1. The molecular formula is C13H24N4S. The molecule has 102 valence electrons. The van der Waals surface area contributed by atoms with Crippen molar-refractivity contribution in [2.75, 3.05) is 23.9 Å². The van der Waals surface area contributed by atoms with E-state index in [1.807, 2.05) is 23.4 Å². The molecule has 1 aliphatic rings. The summed E-state index contributed by atoms with van der Waals surface area (Å²) in [6, 6.07) is 0. The average molecular weight is 268 g/mol. The molecule has 1 aliphatic carbocycles. The molecule has 1 aromatic heterocycles. The lowest BCUT2D eigenvalue weighted by Gasteiger charge is -2.27. The van der Waals surface area contributed by atoms with Crippen LogP contribution < -0.4 is 11.1 Å². The molecule has 0 saturated heterocycles. The van der Waals surface area contributed by atoms with Gasteiger partial charge in [-0.15, -0.1) is 0 Å². The highest BCUT2D eigenvalue weighted by Gasteiger charge is 2.33. The number of hydrogen-bond donors (Lipinski definition) is 2. The molecule has 4 nitrogen and oxygen atoms in total. The summed E-state index contributed by atoms with van der Waals surface area (Å²) in [5.41, 5.74) is 7.81. The maximum Gasteiger partial charge on any atom is 0.148 e. The predicted molar refractivity (Wildman–Crippen MR) is 80.3 cm³/mol. The maximum absolute atomic E-state index is 6.10. The Morgan fingerprint density at radius 2 is 2.11 bits per heavy atom. The lowest BCUT2D eigenvalue weighted by atomic mass is 10.1. The Kier molecular flexibility index (Phi) is 4.10. The van der Waals surface area contributed by atoms with E-state index in [1.54, 1.807) is 0 Å². The number of nitrogens with zero attached hydrogens (tertiary/aromatic N) is 2. The Balaban J connectivity index is 2.09. The molecule has 0 bridgehead atoms. The van der Waals surface area contributed by atoms with E-state index in [0.717, 1.165) is 30.3 Å². The highest BCUT2D eigenvalue weighted by molar-refractivity contribution is 8.00. The van der Waals surface area contributed by atoms with Gasteiger partial charge in [-0.2, -0.15) is 16.9 Å². The van der Waals surface area contributed by atoms with Crippen molar-refractivity contribution in [2.45, 2.75) is 50.8 Å². The molecule has 0 unspecified atom stereocenters. The van der Waals surface area contributed by atoms with Crippen LogP contribution in [-0.4, -0.2) is 27.3 Å². The summed E-state index contributed by atoms with van der Waals surface area (Å²) < 4.78 is 2.36. The van der Waals surface area contributed by atoms with E-state index < -0.39 is 0 Å². The number of thioether (sulfide) groups is 1. The first-order valence-electron chi connectivity index (χ1n) is 6.74. The fraction of sp³-hybridized carbons (Fsp3) is 0.769. The van der Waals surface area contributed by atoms with Crippen LogP contribution in [0.3, 0.4) is 0 Å². The van der Waals surface area contributed by atoms with Gasteiger partial charge in [-0.05, 0) is 32.9 Å². The third-order valence-corrected chi connectivity index (χ3v) is 5.42. The van der Waals surface area contributed by atoms with Crippen LogP contribution in [0.2, 0.25) is 0 Å². The summed E-state index contributed by atoms with van der Waals surface area (Å²) in [6.07, 6.45) is 7.54. The molecule has 5 heteroatoms. The standard InChI is InChI=1S/C13H24N4S/c1-4-17-12(11(14)10(2)16-17)15-9-13(18-3)7-5-6-8-13/h15H,4-9,14H2,1-3H3. The summed E-state index contributed by atoms with van der Waals surface area (Å²) in [6.45, 7) is 5.90. The molecule has 1 saturated carbocycles. The second-order valence-corrected chi connectivity index (χ2v) is 6.39. The van der Waals surface area contributed by atoms with E-state index in [2.05, 4.69) is 23.6 Å². The Bertz CT molecular complexity index is 407. The van der Waals surface area contributed by atoms with Gasteiger partial charge in [-0.25, -0.2) is 4.68 Å². The second-order valence-electron chi connectivity index (χ2n) is 5.11. The van der Waals surface area contributed by atoms with E-state index in [0.29, 0.717) is 4.75 Å². The molecule has 1 heterocycles. The first kappa shape index (κ1) is 13.6. The van der Waals surface area contributed by atoms with Crippen molar-refractivity contribution in [3.8, 4) is 0 Å². The summed E-state index contributed by atoms with van der Waals surface area (Å²) in [5, 5.41) is 7.99. The number of nitrogens with two attached hydrogens (primary N) is 1. The number of nitrogen functional groups attached to an aromatic ring is 1. The van der Waals surface area contributed by atoms with E-state index in [1.165, 1.54) is 25.7 Å². The van der Waals surface area contributed by atoms with E-state index in [9.17, 15) is 0 Å². The van der Waals surface area contributed by atoms with Gasteiger partial charge in [0.15, 0.2) is 0 Å². The van der Waals surface area contributed by atoms with Crippen molar-refractivity contribution < 1.29 is 0 Å². The second kappa shape index (κ2) is 5.43. The first-order valence-corrected chi connectivity index (χ1v) is 7.96. The fourth-order valence-corrected chi connectivity index (χ4v) is 3.64. The van der Waals surface area contributed by atoms with Crippen molar-refractivity contribution in [1.82, 2.24) is 9.78 Å². The Hall–Kier alpha value is -0.840. The molecular weight excluding hydrogens is 244 g/mol. The monoisotopic (exact) mass is 268 g/mol. The van der Waals surface area contributed by atoms with Crippen LogP contribution >= 0.6 is 11.8 Å². The lowest BCUT2D eigenvalue weighted by molar-refractivity contribution is 0.620. The van der Waals surface area contributed by atoms with Gasteiger partial charge < -0.3 is 11.1 Å². The minimum absolute atomic E-state index is 0.392. The van der Waals surface area contributed by atoms with Crippen molar-refractivity contribution in [3.05, 3.63) is 5.69 Å². The minimum Gasteiger partial charge on any atom is -0.394 e. The van der Waals surface area contributed by atoms with E-state index in [-0.39, 0.29) is 0 Å². The lowest BCUT2D eigenvalue weighted by Crippen LogP contribution is -2.30. The quantitative estimate of drug-likeness (QED) is 0.862. The summed E-state index contributed by atoms with van der Waals surface area (Å²) in [7, 11) is 0. The molecule has 1 aromatic rings. The van der Waals surface area contributed by atoms with Crippen LogP contribution in [-0.2, 0) is 6.54 Å². The van der Waals surface area contributed by atoms with Crippen LogP contribution in [0.25, 0.3) is 0 Å². The maximum atomic E-state index is 6.10. The van der Waals surface area contributed by atoms with Crippen molar-refractivity contribution >= 4 is 23.3 Å². The summed E-state index contributed by atoms with van der Waals surface area (Å²) in [5.74, 6) is 0.996. The smallest absolute Gasteiger partial charge is 0.148 e. The minimum atomic E-state index is 0.392. The molecule has 0 aromatic carbocycles. The number of nitrogens with one attached hydrogen (secondary N) is 1. The molecule has 0 amide bonds. The zero-order chi connectivity index (χ0) is 13.2. The van der Waals surface area contributed by atoms with Gasteiger partial charge in [0.2, 0.25) is 0 Å². The van der Waals surface area contributed by atoms with Gasteiger partial charge in [0.1, 0.15) is 5.82 Å². The largest absolute Gasteiger partial charge is 0.394 e. The van der Waals surface area contributed by atoms with E-state index in [4.69, 9.17) is 5.73 Å². The molecule has 0 spiro atoms. The van der Waals surface area contributed by atoms with Gasteiger partial charge >= 0.3 is 0 Å². The number of aryl methyl sites for hydroxylation is 2. The molecule has 3 N–H and O–H groups in total. The van der Waals surface area contributed by atoms with Gasteiger partial charge in [-0.1, -0.05) is 12.8 Å². The molecule has 2 rings (SSSR count). The van der Waals surface area contributed by atoms with Gasteiger partial charge in [-0.3, -0.25) is 0 Å². The zero-order valence-electron chi connectivity index (χ0n) is 11.6. The first-order chi connectivity index (χ1) is 8.62. The average Bonchev–Trinajstić information content (AvgIpc) is 2.95. The normalized spacial score (nSPS) is 18.2. The van der Waals surface area contributed by atoms with Gasteiger partial charge in [0.25, 0.3) is 0 Å². The van der Waals surface area contributed by atoms with Crippen LogP contribution in [0.1, 0.15) is 38.3 Å². The molecule has 1 fully saturated rings. The van der Waals surface area contributed by atoms with Crippen LogP contribution in [0.4, 0.5) is 11.5 Å². The third kappa shape index (κ3) is 2.46. The topological polar surface area (TPSA) is 55.9 Å². The molecule has 0 atom stereocenters. The summed E-state index contributed by atoms with van der Waals surface area (Å²) >= 11 is 1.99. The number of aromatic nitrogens is 2. The van der Waals surface area contributed by atoms with Gasteiger partial charge in [0.05, 0.1) is 11.4 Å². The Morgan fingerprint density at radius 3 is 2.67 bits per heavy atom. The van der Waals surface area contributed by atoms with Crippen LogP contribution in [0.5, 0.6) is 0 Å². The van der Waals surface area contributed by atoms with Crippen LogP contribution in [0.15, 0.2) is 0 Å². The highest BCUT2D eigenvalue weighted by Crippen LogP contribution is 2.40. The number of hydrogen-bond acceptors (Lipinski definition) is 4. The molecule has 0 radical (unpaired) electrons. The number of anilines is 2. The Labute approximate surface area is 114 Å². The van der Waals surface area contributed by atoms with E-state index >= 15 is 0 Å². The highest BCUT2D eigenvalue weighted by atomic mass is 32.2. The fourth-order valence-electron chi connectivity index (χ4n) is 2.73. The van der Waals surface area contributed by atoms with Crippen molar-refractivity contribution in [3.63, 3.8) is 0 Å². The third-order valence-electron chi connectivity index (χ3n) is 4.00. The molecule has 0 aliphatic heterocycles. The molecule has 18 heavy (non-hydrogen) atoms. The van der Waals surface area contributed by atoms with Gasteiger partial charge in [0, 0.05) is 17.8 Å². The van der Waals surface area contributed by atoms with Crippen molar-refractivity contribution in [2.24, 2.45) is 0 Å². The van der Waals surface area contributed by atoms with Crippen molar-refractivity contribution in [1.29, 1.82) is 0 Å².